The van der Waals surface area contributed by atoms with Gasteiger partial charge in [0.15, 0.2) is 11.5 Å². The number of rotatable bonds is 2. The van der Waals surface area contributed by atoms with Crippen LogP contribution in [0.2, 0.25) is 0 Å². The normalized spacial score (nSPS) is 19.3. The van der Waals surface area contributed by atoms with Crippen LogP contribution in [0.4, 0.5) is 0 Å². The van der Waals surface area contributed by atoms with Crippen molar-refractivity contribution in [2.45, 2.75) is 31.7 Å². The highest BCUT2D eigenvalue weighted by molar-refractivity contribution is 5.46. The average Bonchev–Trinajstić information content (AvgIpc) is 2.74. The fourth-order valence-corrected chi connectivity index (χ4v) is 2.39. The van der Waals surface area contributed by atoms with Crippen LogP contribution in [0.25, 0.3) is 0 Å². The molecule has 0 unspecified atom stereocenters. The van der Waals surface area contributed by atoms with Gasteiger partial charge in [-0.1, -0.05) is 25.0 Å². The first-order valence-electron chi connectivity index (χ1n) is 5.46. The van der Waals surface area contributed by atoms with Crippen LogP contribution in [0.3, 0.4) is 0 Å². The second-order valence-corrected chi connectivity index (χ2v) is 4.29. The zero-order chi connectivity index (χ0) is 10.8. The maximum absolute atomic E-state index is 9.70. The zero-order valence-corrected chi connectivity index (χ0v) is 8.69. The molecule has 1 atom stereocenters. The van der Waals surface area contributed by atoms with Gasteiger partial charge in [-0.2, -0.15) is 0 Å². The molecule has 0 heterocycles. The summed E-state index contributed by atoms with van der Waals surface area (Å²) in [5, 5.41) is 19.1. The quantitative estimate of drug-likeness (QED) is 0.652. The van der Waals surface area contributed by atoms with Crippen molar-refractivity contribution in [3.05, 3.63) is 23.8 Å². The van der Waals surface area contributed by atoms with Gasteiger partial charge in [0.25, 0.3) is 0 Å². The van der Waals surface area contributed by atoms with E-state index in [0.29, 0.717) is 11.5 Å². The summed E-state index contributed by atoms with van der Waals surface area (Å²) in [4.78, 5) is 0. The molecule has 1 aliphatic carbocycles. The molecule has 0 saturated heterocycles. The van der Waals surface area contributed by atoms with E-state index in [2.05, 4.69) is 0 Å². The molecule has 1 saturated carbocycles. The van der Waals surface area contributed by atoms with Gasteiger partial charge in [-0.25, -0.2) is 0 Å². The lowest BCUT2D eigenvalue weighted by molar-refractivity contribution is 0.379. The molecule has 82 valence electrons. The summed E-state index contributed by atoms with van der Waals surface area (Å²) in [5.74, 6) is 0.301. The SMILES string of the molecule is N[C@H](c1cccc(O)c1O)C1CCCC1. The largest absolute Gasteiger partial charge is 0.504 e. The van der Waals surface area contributed by atoms with E-state index in [0.717, 1.165) is 12.8 Å². The first-order chi connectivity index (χ1) is 7.20. The van der Waals surface area contributed by atoms with Crippen molar-refractivity contribution in [3.8, 4) is 11.5 Å². The fourth-order valence-electron chi connectivity index (χ4n) is 2.39. The minimum absolute atomic E-state index is 0.0584. The molecule has 0 aromatic heterocycles. The Balaban J connectivity index is 2.24. The molecule has 4 N–H and O–H groups in total. The maximum Gasteiger partial charge on any atom is 0.162 e. The summed E-state index contributed by atoms with van der Waals surface area (Å²) in [7, 11) is 0. The molecular formula is C12H17NO2. The van der Waals surface area contributed by atoms with Gasteiger partial charge in [-0.05, 0) is 24.8 Å². The van der Waals surface area contributed by atoms with Gasteiger partial charge in [-0.3, -0.25) is 0 Å². The standard InChI is InChI=1S/C12H17NO2/c13-11(8-4-1-2-5-8)9-6-3-7-10(14)12(9)15/h3,6-8,11,14-15H,1-2,4-5,13H2/t11-/m0/s1. The third-order valence-electron chi connectivity index (χ3n) is 3.31. The summed E-state index contributed by atoms with van der Waals surface area (Å²) >= 11 is 0. The van der Waals surface area contributed by atoms with E-state index in [9.17, 15) is 10.2 Å². The monoisotopic (exact) mass is 207 g/mol. The van der Waals surface area contributed by atoms with Crippen LogP contribution in [-0.2, 0) is 0 Å². The zero-order valence-electron chi connectivity index (χ0n) is 8.69. The van der Waals surface area contributed by atoms with E-state index in [1.54, 1.807) is 12.1 Å². The third kappa shape index (κ3) is 1.92. The van der Waals surface area contributed by atoms with Crippen molar-refractivity contribution in [2.24, 2.45) is 11.7 Å². The number of phenols is 2. The van der Waals surface area contributed by atoms with Crippen LogP contribution in [0.1, 0.15) is 37.3 Å². The second-order valence-electron chi connectivity index (χ2n) is 4.29. The van der Waals surface area contributed by atoms with Crippen LogP contribution >= 0.6 is 0 Å². The molecule has 0 radical (unpaired) electrons. The van der Waals surface area contributed by atoms with Gasteiger partial charge >= 0.3 is 0 Å². The summed E-state index contributed by atoms with van der Waals surface area (Å²) < 4.78 is 0. The van der Waals surface area contributed by atoms with E-state index < -0.39 is 0 Å². The Kier molecular flexibility index (Phi) is 2.82. The number of hydrogen-bond acceptors (Lipinski definition) is 3. The first kappa shape index (κ1) is 10.3. The molecule has 15 heavy (non-hydrogen) atoms. The smallest absolute Gasteiger partial charge is 0.162 e. The molecule has 0 bridgehead atoms. The summed E-state index contributed by atoms with van der Waals surface area (Å²) in [6.45, 7) is 0. The number of phenolic OH excluding ortho intramolecular Hbond substituents is 2. The molecule has 2 rings (SSSR count). The minimum Gasteiger partial charge on any atom is -0.504 e. The van der Waals surface area contributed by atoms with E-state index in [-0.39, 0.29) is 17.5 Å². The molecule has 1 aromatic rings. The van der Waals surface area contributed by atoms with Crippen LogP contribution in [0.15, 0.2) is 18.2 Å². The molecule has 0 spiro atoms. The second kappa shape index (κ2) is 4.11. The fraction of sp³-hybridized carbons (Fsp3) is 0.500. The minimum atomic E-state index is -0.153. The van der Waals surface area contributed by atoms with Gasteiger partial charge < -0.3 is 15.9 Å². The summed E-state index contributed by atoms with van der Waals surface area (Å²) in [6.07, 6.45) is 4.68. The molecular weight excluding hydrogens is 190 g/mol. The van der Waals surface area contributed by atoms with Crippen molar-refractivity contribution in [1.82, 2.24) is 0 Å². The van der Waals surface area contributed by atoms with Crippen LogP contribution in [0, 0.1) is 5.92 Å². The Morgan fingerprint density at radius 1 is 1.20 bits per heavy atom. The van der Waals surface area contributed by atoms with Crippen molar-refractivity contribution < 1.29 is 10.2 Å². The highest BCUT2D eigenvalue weighted by Gasteiger charge is 2.25. The molecule has 1 aromatic carbocycles. The first-order valence-corrected chi connectivity index (χ1v) is 5.46. The average molecular weight is 207 g/mol. The van der Waals surface area contributed by atoms with Crippen molar-refractivity contribution in [1.29, 1.82) is 0 Å². The molecule has 3 heteroatoms. The number of benzene rings is 1. The van der Waals surface area contributed by atoms with Crippen LogP contribution in [0.5, 0.6) is 11.5 Å². The van der Waals surface area contributed by atoms with E-state index in [4.69, 9.17) is 5.73 Å². The van der Waals surface area contributed by atoms with Gasteiger partial charge in [0.2, 0.25) is 0 Å². The lowest BCUT2D eigenvalue weighted by Gasteiger charge is -2.20. The summed E-state index contributed by atoms with van der Waals surface area (Å²) in [6, 6.07) is 4.83. The third-order valence-corrected chi connectivity index (χ3v) is 3.31. The Hall–Kier alpha value is -1.22. The molecule has 0 aliphatic heterocycles. The molecule has 3 nitrogen and oxygen atoms in total. The van der Waals surface area contributed by atoms with Crippen molar-refractivity contribution in [2.75, 3.05) is 0 Å². The topological polar surface area (TPSA) is 66.5 Å². The Labute approximate surface area is 89.5 Å². The lowest BCUT2D eigenvalue weighted by atomic mass is 9.92. The Bertz CT molecular complexity index is 345. The van der Waals surface area contributed by atoms with Gasteiger partial charge in [-0.15, -0.1) is 0 Å². The van der Waals surface area contributed by atoms with Gasteiger partial charge in [0.1, 0.15) is 0 Å². The maximum atomic E-state index is 9.70. The Morgan fingerprint density at radius 3 is 2.53 bits per heavy atom. The highest BCUT2D eigenvalue weighted by atomic mass is 16.3. The number of hydrogen-bond donors (Lipinski definition) is 3. The molecule has 1 aliphatic rings. The van der Waals surface area contributed by atoms with E-state index in [1.807, 2.05) is 0 Å². The molecule has 1 fully saturated rings. The van der Waals surface area contributed by atoms with E-state index in [1.165, 1.54) is 18.9 Å². The van der Waals surface area contributed by atoms with Crippen molar-refractivity contribution >= 4 is 0 Å². The summed E-state index contributed by atoms with van der Waals surface area (Å²) in [5.41, 5.74) is 6.77. The van der Waals surface area contributed by atoms with E-state index >= 15 is 0 Å². The Morgan fingerprint density at radius 2 is 1.87 bits per heavy atom. The van der Waals surface area contributed by atoms with Crippen LogP contribution < -0.4 is 5.73 Å². The predicted octanol–water partition coefficient (Wildman–Crippen LogP) is 2.29. The highest BCUT2D eigenvalue weighted by Crippen LogP contribution is 2.39. The predicted molar refractivity (Wildman–Crippen MR) is 58.7 cm³/mol. The number of para-hydroxylation sites is 1. The molecule has 0 amide bonds. The number of nitrogens with two attached hydrogens (primary N) is 1. The number of aromatic hydroxyl groups is 2. The van der Waals surface area contributed by atoms with Crippen molar-refractivity contribution in [3.63, 3.8) is 0 Å². The van der Waals surface area contributed by atoms with Gasteiger partial charge in [0, 0.05) is 11.6 Å². The van der Waals surface area contributed by atoms with Gasteiger partial charge in [0.05, 0.1) is 0 Å². The van der Waals surface area contributed by atoms with Crippen LogP contribution in [-0.4, -0.2) is 10.2 Å². The lowest BCUT2D eigenvalue weighted by Crippen LogP contribution is -2.19.